The number of benzene rings is 7. The maximum Gasteiger partial charge on any atom is 0.643 e. The van der Waals surface area contributed by atoms with E-state index >= 15 is 0 Å². The van der Waals surface area contributed by atoms with Crippen molar-refractivity contribution in [3.8, 4) is 79.9 Å². The van der Waals surface area contributed by atoms with E-state index in [2.05, 4.69) is 123 Å². The van der Waals surface area contributed by atoms with Crippen LogP contribution in [0.3, 0.4) is 0 Å². The zero-order valence-corrected chi connectivity index (χ0v) is 58.1. The first-order valence-corrected chi connectivity index (χ1v) is 37.4. The fourth-order valence-corrected chi connectivity index (χ4v) is 8.40. The molecule has 0 radical (unpaired) electrons. The zero-order valence-electron chi connectivity index (χ0n) is 49.2. The van der Waals surface area contributed by atoms with Crippen molar-refractivity contribution in [2.75, 3.05) is 7.15 Å². The van der Waals surface area contributed by atoms with Gasteiger partial charge in [-0.3, -0.25) is 4.39 Å². The highest BCUT2D eigenvalue weighted by Gasteiger charge is 2.18. The first kappa shape index (κ1) is 76.9. The summed E-state index contributed by atoms with van der Waals surface area (Å²) in [6.45, 7) is 18.5. The molecule has 26 heteroatoms. The molecule has 0 atom stereocenters. The monoisotopic (exact) mass is 1420 g/mol. The quantitative estimate of drug-likeness (QED) is 0.119. The number of phenolic OH excluding ortho intramolecular Hbond substituents is 4. The van der Waals surface area contributed by atoms with Crippen LogP contribution < -0.4 is 0 Å². The molecule has 462 valence electrons. The minimum Gasteiger partial charge on any atom is -0.508 e. The summed E-state index contributed by atoms with van der Waals surface area (Å²) in [7, 11) is 28.7. The van der Waals surface area contributed by atoms with Crippen LogP contribution in [-0.4, -0.2) is 95.2 Å². The van der Waals surface area contributed by atoms with Gasteiger partial charge in [-0.15, -0.1) is 0 Å². The summed E-state index contributed by atoms with van der Waals surface area (Å²) in [6.07, 6.45) is 0. The topological polar surface area (TPSA) is 197 Å². The Labute approximate surface area is 568 Å². The Morgan fingerprint density at radius 1 is 0.330 bits per heavy atom. The van der Waals surface area contributed by atoms with E-state index in [1.165, 1.54) is 47.0 Å². The van der Waals surface area contributed by atoms with Gasteiger partial charge in [0, 0.05) is 34.4 Å². The van der Waals surface area contributed by atoms with Crippen LogP contribution >= 0.6 is 107 Å². The van der Waals surface area contributed by atoms with Gasteiger partial charge in [0.05, 0.1) is 14.1 Å². The number of hydrogen-bond donors (Lipinski definition) is 4. The summed E-state index contributed by atoms with van der Waals surface area (Å²) < 4.78 is 15.5. The van der Waals surface area contributed by atoms with Crippen LogP contribution in [0.2, 0.25) is 21.1 Å². The van der Waals surface area contributed by atoms with Crippen molar-refractivity contribution in [3.05, 3.63) is 217 Å². The number of phenols is 4. The molecule has 0 aliphatic rings. The molecule has 0 aliphatic carbocycles. The van der Waals surface area contributed by atoms with Crippen LogP contribution in [0.25, 0.3) is 56.9 Å². The Morgan fingerprint density at radius 2 is 0.591 bits per heavy atom. The SMILES string of the molecule is C.Cc1ccc(-c2nc(-c3ccc(C)cc3C)nc(-c3ccc(O)cc3O)n2)c(C)c1.Cc1ccc(-c2nc(Cl)nc(-c3ccc(C)cc3C)n2)c(C)c1.Cc1ccccc1.Clc1nc(Cl)nc(Cl)n1.Oc1cccc(O)c1.[2H]CF.[Cl][Al]([Cl])[Cl].[Cl][Al]([Cl])[Cl]. The molecule has 13 nitrogen and oxygen atoms in total. The lowest BCUT2D eigenvalue weighted by molar-refractivity contribution is 0.450. The number of halogens is 11. The molecule has 88 heavy (non-hydrogen) atoms. The minimum absolute atomic E-state index is 0. The third-order valence-electron chi connectivity index (χ3n) is 11.3. The Balaban J connectivity index is 0.000000399. The third-order valence-corrected chi connectivity index (χ3v) is 12.0. The van der Waals surface area contributed by atoms with Crippen molar-refractivity contribution in [2.45, 2.75) is 69.7 Å². The van der Waals surface area contributed by atoms with Crippen LogP contribution in [0.15, 0.2) is 146 Å². The van der Waals surface area contributed by atoms with Crippen molar-refractivity contribution >= 4 is 129 Å². The molecule has 0 spiro atoms. The standard InChI is InChI=1S/C25H23N3O2.C19H18ClN3.C7H8.C6H6O2.C3Cl3N3.CH3F.CH4.2Al.6ClH/c1-14-5-8-19(16(3)11-14)23-26-24(20-9-6-15(2)12-17(20)4)28-25(27-23)21-10-7-18(29)13-22(21)30;1-11-5-7-15(13(3)9-11)17-21-18(23-19(20)22-17)16-8-6-12(2)10-14(16)4;1-7-5-3-2-4-6-7;7-5-2-1-3-6(8)4-5;4-1-7-2(5)9-3(6)8-1;1-2;;;;;;;;;/h5-13,29-30H,1-4H3;5-10H,1-4H3;2-6H,1H3;1-4,7-8H;;1H3;1H4;;;6*1H/q;;;;;;;2*+3;;;;;;/p-6/i;;;;;1D;;;;;;;;;. The summed E-state index contributed by atoms with van der Waals surface area (Å²) in [6, 6.07) is 45.2. The average Bonchev–Trinajstić information content (AvgIpc) is 2.66. The molecule has 7 aromatic carbocycles. The molecular weight excluding hydrogens is 1360 g/mol. The van der Waals surface area contributed by atoms with Crippen LogP contribution in [0.5, 0.6) is 23.0 Å². The summed E-state index contributed by atoms with van der Waals surface area (Å²) in [4.78, 5) is 37.7. The molecule has 0 amide bonds. The van der Waals surface area contributed by atoms with E-state index in [1.807, 2.05) is 82.3 Å². The van der Waals surface area contributed by atoms with Gasteiger partial charge in [-0.1, -0.05) is 144 Å². The largest absolute Gasteiger partial charge is 0.643 e. The fourth-order valence-electron chi connectivity index (χ4n) is 7.63. The van der Waals surface area contributed by atoms with Crippen molar-refractivity contribution in [2.24, 2.45) is 0 Å². The van der Waals surface area contributed by atoms with Gasteiger partial charge in [-0.25, -0.2) is 80.2 Å². The normalized spacial score (nSPS) is 9.89. The van der Waals surface area contributed by atoms with Crippen molar-refractivity contribution in [1.29, 1.82) is 0 Å². The Kier molecular flexibility index (Phi) is 35.3. The van der Waals surface area contributed by atoms with Crippen LogP contribution in [0.1, 0.15) is 58.9 Å². The van der Waals surface area contributed by atoms with E-state index in [4.69, 9.17) is 123 Å². The van der Waals surface area contributed by atoms with Gasteiger partial charge < -0.3 is 20.4 Å². The maximum absolute atomic E-state index is 10.4. The molecule has 0 unspecified atom stereocenters. The van der Waals surface area contributed by atoms with Gasteiger partial charge in [0.2, 0.25) is 21.1 Å². The number of aromatic nitrogens is 9. The average molecular weight is 1430 g/mol. The van der Waals surface area contributed by atoms with Crippen molar-refractivity contribution in [3.63, 3.8) is 0 Å². The van der Waals surface area contributed by atoms with E-state index in [0.717, 1.165) is 55.6 Å². The molecule has 10 aromatic rings. The highest BCUT2D eigenvalue weighted by atomic mass is 35.8. The second-order valence-electron chi connectivity index (χ2n) is 18.3. The molecule has 0 aliphatic heterocycles. The van der Waals surface area contributed by atoms with Gasteiger partial charge in [-0.2, -0.15) is 24.9 Å². The van der Waals surface area contributed by atoms with Crippen LogP contribution in [0, 0.1) is 62.3 Å². The first-order valence-electron chi connectivity index (χ1n) is 26.1. The number of aryl methyl sites for hydroxylation is 9. The molecular formula is C62H62Al2Cl10FN9O4. The highest BCUT2D eigenvalue weighted by molar-refractivity contribution is 7.54. The number of rotatable bonds is 5. The van der Waals surface area contributed by atoms with Gasteiger partial charge in [-0.05, 0) is 155 Å². The van der Waals surface area contributed by atoms with Crippen LogP contribution in [-0.2, 0) is 0 Å². The number of hydrogen-bond acceptors (Lipinski definition) is 13. The maximum atomic E-state index is 10.4. The second kappa shape index (κ2) is 40.4. The summed E-state index contributed by atoms with van der Waals surface area (Å²) in [5.74, 6) is 2.73. The minimum atomic E-state index is -1.72. The lowest BCUT2D eigenvalue weighted by Crippen LogP contribution is -2.02. The lowest BCUT2D eigenvalue weighted by Gasteiger charge is -2.12. The predicted octanol–water partition coefficient (Wildman–Crippen LogP) is 20.1. The molecule has 4 N–H and O–H groups in total. The summed E-state index contributed by atoms with van der Waals surface area (Å²) in [5.41, 5.74) is 14.7. The molecule has 0 bridgehead atoms. The molecule has 0 fully saturated rings. The van der Waals surface area contributed by atoms with Crippen molar-refractivity contribution < 1.29 is 26.2 Å². The summed E-state index contributed by atoms with van der Waals surface area (Å²) >= 11 is 18.7. The molecule has 0 saturated heterocycles. The fraction of sp³-hybridized carbons (Fsp3) is 0.177. The third kappa shape index (κ3) is 28.7. The van der Waals surface area contributed by atoms with Crippen LogP contribution in [0.4, 0.5) is 4.39 Å². The molecule has 0 saturated carbocycles. The van der Waals surface area contributed by atoms with Gasteiger partial charge >= 0.3 is 22.8 Å². The number of aromatic hydroxyl groups is 4. The predicted molar refractivity (Wildman–Crippen MR) is 369 cm³/mol. The smallest absolute Gasteiger partial charge is 0.508 e. The van der Waals surface area contributed by atoms with Gasteiger partial charge in [0.25, 0.3) is 0 Å². The van der Waals surface area contributed by atoms with Gasteiger partial charge in [0.1, 0.15) is 23.0 Å². The van der Waals surface area contributed by atoms with E-state index in [9.17, 15) is 14.6 Å². The second-order valence-corrected chi connectivity index (χ2v) is 32.6. The number of alkyl halides is 1. The zero-order chi connectivity index (χ0) is 65.8. The first-order chi connectivity index (χ1) is 41.5. The molecule has 3 aromatic heterocycles. The Hall–Kier alpha value is -5.34. The highest BCUT2D eigenvalue weighted by Crippen LogP contribution is 2.34. The van der Waals surface area contributed by atoms with E-state index in [-0.39, 0.29) is 51.6 Å². The van der Waals surface area contributed by atoms with E-state index in [1.54, 1.807) is 12.1 Å². The lowest BCUT2D eigenvalue weighted by atomic mass is 10.0. The van der Waals surface area contributed by atoms with Crippen molar-refractivity contribution in [1.82, 2.24) is 44.9 Å². The van der Waals surface area contributed by atoms with E-state index in [0.29, 0.717) is 34.7 Å². The van der Waals surface area contributed by atoms with Gasteiger partial charge in [0.15, 0.2) is 29.1 Å². The Morgan fingerprint density at radius 3 is 0.841 bits per heavy atom. The molecule has 3 heterocycles. The Bertz CT molecular complexity index is 3520. The molecule has 10 rings (SSSR count). The summed E-state index contributed by atoms with van der Waals surface area (Å²) in [5, 5.41) is 37.6. The number of nitrogens with zero attached hydrogens (tertiary/aromatic N) is 9. The van der Waals surface area contributed by atoms with E-state index < -0.39 is 29.9 Å².